The zero-order chi connectivity index (χ0) is 18.7. The highest BCUT2D eigenvalue weighted by molar-refractivity contribution is 8.00. The van der Waals surface area contributed by atoms with Gasteiger partial charge in [0.05, 0.1) is 16.3 Å². The van der Waals surface area contributed by atoms with Gasteiger partial charge >= 0.3 is 0 Å². The Labute approximate surface area is 169 Å². The van der Waals surface area contributed by atoms with Crippen LogP contribution in [0, 0.1) is 6.92 Å². The van der Waals surface area contributed by atoms with Crippen LogP contribution in [-0.2, 0) is 12.8 Å². The van der Waals surface area contributed by atoms with E-state index in [0.717, 1.165) is 17.9 Å². The number of rotatable bonds is 1. The zero-order valence-electron chi connectivity index (χ0n) is 15.9. The van der Waals surface area contributed by atoms with E-state index >= 15 is 0 Å². The van der Waals surface area contributed by atoms with E-state index in [1.807, 2.05) is 17.8 Å². The molecule has 0 unspecified atom stereocenters. The summed E-state index contributed by atoms with van der Waals surface area (Å²) >= 11 is 1.82. The average molecular weight is 384 g/mol. The number of furan rings is 1. The Morgan fingerprint density at radius 1 is 0.821 bits per heavy atom. The molecule has 0 amide bonds. The van der Waals surface area contributed by atoms with Crippen molar-refractivity contribution in [3.8, 4) is 0 Å². The van der Waals surface area contributed by atoms with Gasteiger partial charge in [0.1, 0.15) is 5.58 Å². The van der Waals surface area contributed by atoms with Crippen LogP contribution in [0.25, 0.3) is 11.0 Å². The fourth-order valence-corrected chi connectivity index (χ4v) is 5.81. The molecule has 0 saturated heterocycles. The van der Waals surface area contributed by atoms with Crippen LogP contribution >= 0.6 is 11.8 Å². The van der Waals surface area contributed by atoms with Gasteiger partial charge in [0.25, 0.3) is 0 Å². The van der Waals surface area contributed by atoms with Crippen LogP contribution in [0.1, 0.15) is 29.5 Å². The summed E-state index contributed by atoms with van der Waals surface area (Å²) in [5, 5.41) is 1.20. The Hall–Kier alpha value is -2.65. The number of fused-ring (bicyclic) bond motifs is 5. The van der Waals surface area contributed by atoms with Crippen LogP contribution in [0.3, 0.4) is 0 Å². The summed E-state index contributed by atoms with van der Waals surface area (Å²) in [5.74, 6) is 0.960. The SMILES string of the molecule is Cc1ccc(N2c3ccccc3Sc3c2oc2ccccc32)c2c1CCCC2. The molecule has 2 aliphatic rings. The van der Waals surface area contributed by atoms with E-state index < -0.39 is 0 Å². The molecule has 0 spiro atoms. The van der Waals surface area contributed by atoms with Gasteiger partial charge in [-0.15, -0.1) is 0 Å². The van der Waals surface area contributed by atoms with Gasteiger partial charge < -0.3 is 4.42 Å². The van der Waals surface area contributed by atoms with Crippen molar-refractivity contribution in [1.29, 1.82) is 0 Å². The van der Waals surface area contributed by atoms with Gasteiger partial charge in [0, 0.05) is 10.3 Å². The fourth-order valence-electron chi connectivity index (χ4n) is 4.68. The first-order valence-corrected chi connectivity index (χ1v) is 10.8. The Morgan fingerprint density at radius 3 is 2.54 bits per heavy atom. The van der Waals surface area contributed by atoms with Gasteiger partial charge in [0.15, 0.2) is 0 Å². The Bertz CT molecular complexity index is 1220. The van der Waals surface area contributed by atoms with E-state index in [-0.39, 0.29) is 0 Å². The van der Waals surface area contributed by atoms with Gasteiger partial charge in [-0.05, 0) is 79.6 Å². The number of hydrogen-bond donors (Lipinski definition) is 0. The largest absolute Gasteiger partial charge is 0.439 e. The van der Waals surface area contributed by atoms with Crippen molar-refractivity contribution >= 4 is 40.0 Å². The molecule has 0 fully saturated rings. The summed E-state index contributed by atoms with van der Waals surface area (Å²) in [6.45, 7) is 2.25. The maximum Gasteiger partial charge on any atom is 0.219 e. The van der Waals surface area contributed by atoms with Crippen LogP contribution in [0.4, 0.5) is 17.3 Å². The van der Waals surface area contributed by atoms with Crippen molar-refractivity contribution in [2.45, 2.75) is 42.4 Å². The summed E-state index contributed by atoms with van der Waals surface area (Å²) in [6, 6.07) is 21.7. The zero-order valence-corrected chi connectivity index (χ0v) is 16.7. The van der Waals surface area contributed by atoms with Crippen molar-refractivity contribution in [1.82, 2.24) is 0 Å². The number of hydrogen-bond acceptors (Lipinski definition) is 3. The highest BCUT2D eigenvalue weighted by Crippen LogP contribution is 2.55. The summed E-state index contributed by atoms with van der Waals surface area (Å²) in [4.78, 5) is 4.87. The summed E-state index contributed by atoms with van der Waals surface area (Å²) < 4.78 is 6.44. The van der Waals surface area contributed by atoms with Crippen LogP contribution in [0.2, 0.25) is 0 Å². The molecule has 1 aliphatic heterocycles. The second-order valence-electron chi connectivity index (χ2n) is 7.70. The predicted molar refractivity (Wildman–Crippen MR) is 116 cm³/mol. The third-order valence-corrected chi connectivity index (χ3v) is 7.20. The highest BCUT2D eigenvalue weighted by Gasteiger charge is 2.32. The number of anilines is 3. The number of para-hydroxylation sites is 2. The van der Waals surface area contributed by atoms with Crippen molar-refractivity contribution in [3.63, 3.8) is 0 Å². The maximum absolute atomic E-state index is 6.44. The second-order valence-corrected chi connectivity index (χ2v) is 8.76. The smallest absolute Gasteiger partial charge is 0.219 e. The average Bonchev–Trinajstić information content (AvgIpc) is 3.11. The second kappa shape index (κ2) is 6.18. The van der Waals surface area contributed by atoms with E-state index in [4.69, 9.17) is 4.42 Å². The molecule has 3 aromatic carbocycles. The summed E-state index contributed by atoms with van der Waals surface area (Å²) in [7, 11) is 0. The summed E-state index contributed by atoms with van der Waals surface area (Å²) in [6.07, 6.45) is 4.89. The highest BCUT2D eigenvalue weighted by atomic mass is 32.2. The first kappa shape index (κ1) is 16.3. The van der Waals surface area contributed by atoms with E-state index in [0.29, 0.717) is 0 Å². The molecular weight excluding hydrogens is 362 g/mol. The molecule has 6 rings (SSSR count). The van der Waals surface area contributed by atoms with Gasteiger partial charge in [-0.25, -0.2) is 0 Å². The number of nitrogens with zero attached hydrogens (tertiary/aromatic N) is 1. The Kier molecular flexibility index (Phi) is 3.60. The van der Waals surface area contributed by atoms with Crippen molar-refractivity contribution in [2.24, 2.45) is 0 Å². The van der Waals surface area contributed by atoms with E-state index in [9.17, 15) is 0 Å². The van der Waals surface area contributed by atoms with Crippen LogP contribution in [-0.4, -0.2) is 0 Å². The van der Waals surface area contributed by atoms with Crippen LogP contribution in [0.15, 0.2) is 74.9 Å². The normalized spacial score (nSPS) is 15.2. The lowest BCUT2D eigenvalue weighted by Gasteiger charge is -2.33. The number of benzene rings is 3. The monoisotopic (exact) mass is 383 g/mol. The van der Waals surface area contributed by atoms with Gasteiger partial charge in [-0.1, -0.05) is 42.1 Å². The Morgan fingerprint density at radius 2 is 1.61 bits per heavy atom. The minimum Gasteiger partial charge on any atom is -0.439 e. The molecule has 3 heteroatoms. The standard InChI is InChI=1S/C25H21NOS/c1-16-14-15-20(18-9-3-2-8-17(16)18)26-21-11-5-7-13-23(21)28-24-19-10-4-6-12-22(19)27-25(24)26/h4-7,10-15H,2-3,8-9H2,1H3. The maximum atomic E-state index is 6.44. The lowest BCUT2D eigenvalue weighted by molar-refractivity contribution is 0.610. The molecule has 0 bridgehead atoms. The van der Waals surface area contributed by atoms with Crippen LogP contribution in [0.5, 0.6) is 0 Å². The lowest BCUT2D eigenvalue weighted by Crippen LogP contribution is -2.18. The van der Waals surface area contributed by atoms with Crippen molar-refractivity contribution in [2.75, 3.05) is 4.90 Å². The molecule has 0 saturated carbocycles. The molecule has 0 radical (unpaired) electrons. The minimum atomic E-state index is 0.957. The molecule has 1 aliphatic carbocycles. The van der Waals surface area contributed by atoms with Gasteiger partial charge in [-0.3, -0.25) is 4.90 Å². The fraction of sp³-hybridized carbons (Fsp3) is 0.200. The first-order chi connectivity index (χ1) is 13.8. The predicted octanol–water partition coefficient (Wildman–Crippen LogP) is 7.55. The van der Waals surface area contributed by atoms with Gasteiger partial charge in [-0.2, -0.15) is 0 Å². The molecule has 0 atom stereocenters. The van der Waals surface area contributed by atoms with Gasteiger partial charge in [0.2, 0.25) is 5.88 Å². The molecule has 2 heterocycles. The molecule has 28 heavy (non-hydrogen) atoms. The molecular formula is C25H21NOS. The van der Waals surface area contributed by atoms with E-state index in [2.05, 4.69) is 66.4 Å². The lowest BCUT2D eigenvalue weighted by atomic mass is 9.87. The van der Waals surface area contributed by atoms with Crippen molar-refractivity contribution < 1.29 is 4.42 Å². The Balaban J connectivity index is 1.66. The third-order valence-electron chi connectivity index (χ3n) is 6.04. The van der Waals surface area contributed by atoms with E-state index in [1.165, 1.54) is 62.5 Å². The molecule has 0 N–H and O–H groups in total. The van der Waals surface area contributed by atoms with Crippen molar-refractivity contribution in [3.05, 3.63) is 77.4 Å². The summed E-state index contributed by atoms with van der Waals surface area (Å²) in [5.41, 5.74) is 7.92. The molecule has 2 nitrogen and oxygen atoms in total. The molecule has 1 aromatic heterocycles. The minimum absolute atomic E-state index is 0.957. The molecule has 4 aromatic rings. The first-order valence-electron chi connectivity index (χ1n) is 10.0. The molecule has 138 valence electrons. The topological polar surface area (TPSA) is 16.4 Å². The van der Waals surface area contributed by atoms with E-state index in [1.54, 1.807) is 0 Å². The third kappa shape index (κ3) is 2.29. The quantitative estimate of drug-likeness (QED) is 0.297. The number of aryl methyl sites for hydroxylation is 1. The van der Waals surface area contributed by atoms with Crippen LogP contribution < -0.4 is 4.90 Å².